The number of hydrogen-bond acceptors (Lipinski definition) is 12. The zero-order valence-electron chi connectivity index (χ0n) is 63.6. The lowest BCUT2D eigenvalue weighted by Crippen LogP contribution is -2.73. The lowest BCUT2D eigenvalue weighted by molar-refractivity contribution is -0.330. The summed E-state index contributed by atoms with van der Waals surface area (Å²) in [4.78, 5) is 10.8. The Morgan fingerprint density at radius 3 is 1.09 bits per heavy atom. The molecule has 0 unspecified atom stereocenters. The van der Waals surface area contributed by atoms with Crippen molar-refractivity contribution in [3.63, 3.8) is 0 Å². The highest BCUT2D eigenvalue weighted by Crippen LogP contribution is 2.47. The summed E-state index contributed by atoms with van der Waals surface area (Å²) in [5, 5.41) is 15.5. The van der Waals surface area contributed by atoms with Gasteiger partial charge in [-0.15, -0.1) is 0 Å². The molecule has 6 saturated heterocycles. The van der Waals surface area contributed by atoms with Crippen molar-refractivity contribution in [1.29, 1.82) is 0 Å². The van der Waals surface area contributed by atoms with E-state index >= 15 is 0 Å². The predicted molar refractivity (Wildman–Crippen MR) is 357 cm³/mol. The van der Waals surface area contributed by atoms with Crippen LogP contribution in [0, 0.1) is 0 Å². The molecule has 0 amide bonds. The summed E-state index contributed by atoms with van der Waals surface area (Å²) >= 11 is 0. The molecular formula is C70H121F19N8O4. The number of rotatable bonds is 13. The fourth-order valence-electron chi connectivity index (χ4n) is 11.4. The fourth-order valence-corrected chi connectivity index (χ4v) is 11.4. The van der Waals surface area contributed by atoms with Gasteiger partial charge in [0, 0.05) is 157 Å². The van der Waals surface area contributed by atoms with Crippen LogP contribution in [0.2, 0.25) is 0 Å². The lowest BCUT2D eigenvalue weighted by atomic mass is 9.87. The van der Waals surface area contributed by atoms with Crippen molar-refractivity contribution >= 4 is 0 Å². The zero-order valence-corrected chi connectivity index (χ0v) is 63.6. The van der Waals surface area contributed by atoms with Crippen LogP contribution in [0.4, 0.5) is 83.4 Å². The maximum absolute atomic E-state index is 13.3. The van der Waals surface area contributed by atoms with E-state index in [1.54, 1.807) is 62.6 Å². The van der Waals surface area contributed by atoms with E-state index < -0.39 is 77.2 Å². The highest BCUT2D eigenvalue weighted by molar-refractivity contribution is 5.15. The second kappa shape index (κ2) is 36.1. The average Bonchev–Trinajstić information content (AvgIpc) is 0.757. The van der Waals surface area contributed by atoms with Gasteiger partial charge < -0.3 is 30.0 Å². The van der Waals surface area contributed by atoms with Crippen LogP contribution in [0.3, 0.4) is 0 Å². The first kappa shape index (κ1) is 94.5. The quantitative estimate of drug-likeness (QED) is 0.164. The third-order valence-electron chi connectivity index (χ3n) is 18.6. The monoisotopic (exact) mass is 1500 g/mol. The van der Waals surface area contributed by atoms with E-state index in [1.807, 2.05) is 124 Å². The standard InChI is InChI=1S/C15H20F3NO.C10H18F3NO.C9H16F3NO.C9H17F2N.C8H14F3NO.C7H13F2N.C6H11F2N.C6H12FN/c1-13(2,3)19-10-14(11-19,15(16,17)18)20-9-12-7-5-4-6-8-12;1-7(2)14-5-9(6-14,10(11,12)13)15-8(3)4;1-7(2,3)13-5-8(6-13,14-4)9(10,11)12;1-7(2)12-8-3-5-9(10,11)6-4-8;1-6(2,3)12-4-7(13,5-12)8(9,10)11;1-5(2)10-6-3-7(8,9)4-6;1-5(2)9-3-6(7,8)4-9;1-5(2)8-3-6(7)4-8/h4-8H,9-11H2,1-3H3;7-8H,5-6H2,1-4H3;5-6H2,1-4H3;7-8,12H,3-6H2,1-2H3;13H,4-5H2,1-3H3;5-6,10H,3-4H2,1-2H3;5H,3-4H2,1-2H3;5-6H,3-4H2,1-2H3. The number of halogens is 19. The van der Waals surface area contributed by atoms with Gasteiger partial charge in [0.1, 0.15) is 6.17 Å². The normalized spacial score (nSPS) is 23.2. The van der Waals surface area contributed by atoms with Crippen LogP contribution in [-0.4, -0.2) is 256 Å². The molecule has 2 saturated carbocycles. The Balaban J connectivity index is 0.000000398. The van der Waals surface area contributed by atoms with Crippen molar-refractivity contribution in [1.82, 2.24) is 40.0 Å². The Morgan fingerprint density at radius 2 is 0.812 bits per heavy atom. The number of β-amino-alcohol motifs (C(OH)–C–C–N with tert-alkyl or cyclic N) is 1. The molecule has 8 aliphatic rings. The van der Waals surface area contributed by atoms with Crippen LogP contribution in [-0.2, 0) is 20.8 Å². The number of likely N-dealkylation sites (tertiary alicyclic amines) is 6. The summed E-state index contributed by atoms with van der Waals surface area (Å²) in [7, 11) is 1.12. The van der Waals surface area contributed by atoms with Gasteiger partial charge >= 0.3 is 24.7 Å². The lowest BCUT2D eigenvalue weighted by Gasteiger charge is -2.55. The van der Waals surface area contributed by atoms with E-state index in [0.717, 1.165) is 12.7 Å². The number of alkyl halides is 19. The summed E-state index contributed by atoms with van der Waals surface area (Å²) in [5.41, 5.74) is -8.46. The number of nitrogens with one attached hydrogen (secondary N) is 2. The molecule has 6 heterocycles. The smallest absolute Gasteiger partial charge is 0.378 e. The number of hydrogen-bond donors (Lipinski definition) is 3. The Morgan fingerprint density at radius 1 is 0.455 bits per heavy atom. The molecule has 9 rings (SSSR count). The molecule has 3 N–H and O–H groups in total. The molecule has 0 radical (unpaired) electrons. The van der Waals surface area contributed by atoms with E-state index in [-0.39, 0.29) is 132 Å². The van der Waals surface area contributed by atoms with E-state index in [0.29, 0.717) is 50.1 Å². The topological polar surface area (TPSA) is 91.4 Å². The minimum Gasteiger partial charge on any atom is -0.378 e. The van der Waals surface area contributed by atoms with Crippen LogP contribution < -0.4 is 10.6 Å². The van der Waals surface area contributed by atoms with Crippen molar-refractivity contribution in [2.45, 2.75) is 327 Å². The van der Waals surface area contributed by atoms with E-state index in [2.05, 4.69) is 34.1 Å². The van der Waals surface area contributed by atoms with Gasteiger partial charge in [-0.2, -0.15) is 52.7 Å². The number of aliphatic hydroxyl groups is 1. The highest BCUT2D eigenvalue weighted by atomic mass is 19.4. The number of methoxy groups -OCH3 is 1. The largest absolute Gasteiger partial charge is 0.419 e. The molecule has 1 aromatic rings. The van der Waals surface area contributed by atoms with Gasteiger partial charge in [-0.1, -0.05) is 58.0 Å². The molecule has 8 fully saturated rings. The average molecular weight is 1500 g/mol. The van der Waals surface area contributed by atoms with Gasteiger partial charge in [0.15, 0.2) is 22.4 Å². The fraction of sp³-hybridized carbons (Fsp3) is 0.914. The SMILES string of the molecule is CC(C)(C)N1CC(O)(C(F)(F)F)C1.CC(C)(C)N1CC(OCc2ccccc2)(C(F)(F)F)C1.CC(C)N1CC(F)(F)C1.CC(C)N1CC(F)C1.CC(C)NC1CC(F)(F)C1.CC(C)NC1CCC(F)(F)CC1.CC(C)OC1(C(F)(F)F)CN(C(C)C)C1.COC1(C(F)(F)F)CN(C(C)(C)C)C1. The van der Waals surface area contributed by atoms with Crippen molar-refractivity contribution in [2.75, 3.05) is 85.6 Å². The molecule has 0 spiro atoms. The van der Waals surface area contributed by atoms with Crippen LogP contribution >= 0.6 is 0 Å². The Bertz CT molecular complexity index is 2490. The highest BCUT2D eigenvalue weighted by Gasteiger charge is 2.67. The first-order chi connectivity index (χ1) is 45.2. The van der Waals surface area contributed by atoms with Crippen LogP contribution in [0.25, 0.3) is 0 Å². The molecule has 1 aromatic carbocycles. The molecule has 31 heteroatoms. The third-order valence-corrected chi connectivity index (χ3v) is 18.6. The van der Waals surface area contributed by atoms with E-state index in [4.69, 9.17) is 14.6 Å². The van der Waals surface area contributed by atoms with Gasteiger partial charge in [0.25, 0.3) is 11.8 Å². The summed E-state index contributed by atoms with van der Waals surface area (Å²) in [5.74, 6) is -7.17. The Labute approximate surface area is 589 Å². The second-order valence-corrected chi connectivity index (χ2v) is 33.0. The minimum atomic E-state index is -4.51. The first-order valence-electron chi connectivity index (χ1n) is 34.9. The molecular weight excluding hydrogens is 1380 g/mol. The van der Waals surface area contributed by atoms with Crippen molar-refractivity contribution in [3.05, 3.63) is 35.9 Å². The molecule has 0 aromatic heterocycles. The molecule has 0 bridgehead atoms. The third kappa shape index (κ3) is 29.5. The van der Waals surface area contributed by atoms with Gasteiger partial charge in [-0.3, -0.25) is 29.4 Å². The summed E-state index contributed by atoms with van der Waals surface area (Å²) in [6.07, 6.45) is -17.0. The zero-order chi connectivity index (χ0) is 78.7. The van der Waals surface area contributed by atoms with Gasteiger partial charge in [-0.25, -0.2) is 30.7 Å². The van der Waals surface area contributed by atoms with Gasteiger partial charge in [0.2, 0.25) is 5.92 Å². The maximum atomic E-state index is 13.3. The van der Waals surface area contributed by atoms with Gasteiger partial charge in [-0.05, 0) is 136 Å². The number of benzene rings is 1. The molecule has 6 aliphatic heterocycles. The predicted octanol–water partition coefficient (Wildman–Crippen LogP) is 16.2. The van der Waals surface area contributed by atoms with Crippen molar-refractivity contribution in [3.8, 4) is 0 Å². The van der Waals surface area contributed by atoms with Gasteiger partial charge in [0.05, 0.1) is 25.8 Å². The molecule has 101 heavy (non-hydrogen) atoms. The molecule has 12 nitrogen and oxygen atoms in total. The molecule has 2 aliphatic carbocycles. The minimum absolute atomic E-state index is 0.0155. The van der Waals surface area contributed by atoms with Crippen LogP contribution in [0.15, 0.2) is 30.3 Å². The van der Waals surface area contributed by atoms with Crippen LogP contribution in [0.1, 0.15) is 189 Å². The van der Waals surface area contributed by atoms with E-state index in [1.165, 1.54) is 0 Å². The maximum Gasteiger partial charge on any atom is 0.419 e. The van der Waals surface area contributed by atoms with Crippen molar-refractivity contribution in [2.24, 2.45) is 0 Å². The Hall–Kier alpha value is -2.59. The number of ether oxygens (including phenoxy) is 3. The molecule has 598 valence electrons. The van der Waals surface area contributed by atoms with E-state index in [9.17, 15) is 83.4 Å². The van der Waals surface area contributed by atoms with Crippen molar-refractivity contribution < 1.29 is 103 Å². The Kier molecular flexibility index (Phi) is 33.8. The second-order valence-electron chi connectivity index (χ2n) is 33.0. The number of nitrogens with zero attached hydrogens (tertiary/aromatic N) is 6. The first-order valence-corrected chi connectivity index (χ1v) is 34.9. The molecule has 0 atom stereocenters. The summed E-state index contributed by atoms with van der Waals surface area (Å²) in [6.45, 7) is 40.1. The summed E-state index contributed by atoms with van der Waals surface area (Å²) in [6, 6.07) is 11.0. The van der Waals surface area contributed by atoms with Crippen LogP contribution in [0.5, 0.6) is 0 Å². The summed E-state index contributed by atoms with van der Waals surface area (Å²) < 4.78 is 253.